The molecule has 3 aromatic rings. The monoisotopic (exact) mass is 348 g/mol. The van der Waals surface area contributed by atoms with Crippen molar-refractivity contribution in [3.63, 3.8) is 0 Å². The van der Waals surface area contributed by atoms with E-state index in [0.29, 0.717) is 0 Å². The van der Waals surface area contributed by atoms with Crippen molar-refractivity contribution in [1.29, 1.82) is 0 Å². The van der Waals surface area contributed by atoms with Crippen LogP contribution >= 0.6 is 0 Å². The van der Waals surface area contributed by atoms with E-state index in [4.69, 9.17) is 0 Å². The summed E-state index contributed by atoms with van der Waals surface area (Å²) >= 11 is 0. The van der Waals surface area contributed by atoms with E-state index in [-0.39, 0.29) is 32.7 Å². The van der Waals surface area contributed by atoms with Crippen molar-refractivity contribution in [3.05, 3.63) is 72.4 Å². The number of hydrogen-bond donors (Lipinski definition) is 0. The molecule has 21 heavy (non-hydrogen) atoms. The van der Waals surface area contributed by atoms with Crippen molar-refractivity contribution in [2.75, 3.05) is 0 Å². The summed E-state index contributed by atoms with van der Waals surface area (Å²) < 4.78 is 1.86. The molecule has 0 saturated carbocycles. The molecule has 0 aliphatic rings. The smallest absolute Gasteiger partial charge is 0.162 e. The first-order chi connectivity index (χ1) is 9.75. The van der Waals surface area contributed by atoms with Gasteiger partial charge in [0.25, 0.3) is 0 Å². The second-order valence-corrected chi connectivity index (χ2v) is 4.75. The zero-order chi connectivity index (χ0) is 13.9. The summed E-state index contributed by atoms with van der Waals surface area (Å²) in [5.41, 5.74) is 5.32. The molecule has 0 spiro atoms. The number of rotatable bonds is 2. The number of nitrogens with zero attached hydrogens (tertiary/aromatic N) is 2. The van der Waals surface area contributed by atoms with Gasteiger partial charge >= 0.3 is 0 Å². The quantitative estimate of drug-likeness (QED) is 0.514. The molecule has 0 saturated heterocycles. The summed E-state index contributed by atoms with van der Waals surface area (Å²) in [6, 6.07) is 22.8. The molecule has 1 aromatic heterocycles. The molecule has 0 amide bonds. The summed E-state index contributed by atoms with van der Waals surface area (Å²) in [6.45, 7) is 2.10. The van der Waals surface area contributed by atoms with E-state index < -0.39 is 0 Å². The molecular weight excluding hydrogens is 333 g/mol. The normalized spacial score (nSPS) is 10.0. The zero-order valence-corrected chi connectivity index (χ0v) is 15.0. The second kappa shape index (κ2) is 7.06. The minimum atomic E-state index is 0. The molecule has 3 rings (SSSR count). The minimum Gasteiger partial charge on any atom is -0.224 e. The van der Waals surface area contributed by atoms with Crippen LogP contribution < -0.4 is 4.68 Å². The van der Waals surface area contributed by atoms with Crippen LogP contribution in [0.5, 0.6) is 0 Å². The predicted octanol–water partition coefficient (Wildman–Crippen LogP) is 3.15. The molecule has 0 fully saturated rings. The van der Waals surface area contributed by atoms with Gasteiger partial charge in [0.05, 0.1) is 0 Å². The molecule has 0 unspecified atom stereocenters. The third-order valence-electron chi connectivity index (χ3n) is 3.34. The first kappa shape index (κ1) is 16.0. The number of hydrogen-bond acceptors (Lipinski definition) is 1. The Kier molecular flexibility index (Phi) is 5.38. The van der Waals surface area contributed by atoms with Crippen LogP contribution in [0.3, 0.4) is 0 Å². The van der Waals surface area contributed by atoms with E-state index in [1.165, 1.54) is 5.56 Å². The Labute approximate surface area is 150 Å². The van der Waals surface area contributed by atoms with Crippen LogP contribution in [0.4, 0.5) is 0 Å². The van der Waals surface area contributed by atoms with E-state index in [1.807, 2.05) is 54.3 Å². The second-order valence-electron chi connectivity index (χ2n) is 4.75. The Balaban J connectivity index is 0.00000161. The summed E-state index contributed by atoms with van der Waals surface area (Å²) in [5, 5.41) is 4.44. The molecule has 0 aliphatic heterocycles. The van der Waals surface area contributed by atoms with Gasteiger partial charge in [0.2, 0.25) is 0 Å². The van der Waals surface area contributed by atoms with Crippen molar-refractivity contribution < 1.29 is 37.4 Å². The van der Waals surface area contributed by atoms with Gasteiger partial charge in [0, 0.05) is 32.7 Å². The van der Waals surface area contributed by atoms with E-state index in [0.717, 1.165) is 22.4 Å². The maximum absolute atomic E-state index is 4.44. The largest absolute Gasteiger partial charge is 0.224 e. The zero-order valence-electron chi connectivity index (χ0n) is 12.2. The molecule has 0 N–H and O–H groups in total. The molecule has 1 radical (unpaired) electrons. The summed E-state index contributed by atoms with van der Waals surface area (Å²) in [4.78, 5) is 0. The standard InChI is InChI=1S/C18H15N2.Y/c1-14-8-6-7-11-17(14)18-12-16(13-19-20(18)2)15-9-4-3-5-10-15;/h3-9,11,13H,1-2H3;/q-1;. The first-order valence-corrected chi connectivity index (χ1v) is 6.57. The van der Waals surface area contributed by atoms with E-state index >= 15 is 0 Å². The summed E-state index contributed by atoms with van der Waals surface area (Å²) in [5.74, 6) is 0. The Morgan fingerprint density at radius 3 is 2.48 bits per heavy atom. The summed E-state index contributed by atoms with van der Waals surface area (Å²) in [7, 11) is 1.94. The van der Waals surface area contributed by atoms with Crippen molar-refractivity contribution in [1.82, 2.24) is 5.10 Å². The molecule has 0 aliphatic carbocycles. The molecule has 1 heterocycles. The van der Waals surface area contributed by atoms with Crippen molar-refractivity contribution in [2.24, 2.45) is 7.05 Å². The minimum absolute atomic E-state index is 0. The molecular formula is C18H15N2Y-. The fourth-order valence-electron chi connectivity index (χ4n) is 2.22. The van der Waals surface area contributed by atoms with E-state index in [9.17, 15) is 0 Å². The Morgan fingerprint density at radius 2 is 1.76 bits per heavy atom. The third kappa shape index (κ3) is 3.45. The van der Waals surface area contributed by atoms with Gasteiger partial charge in [0.15, 0.2) is 7.05 Å². The molecule has 0 atom stereocenters. The maximum Gasteiger partial charge on any atom is 0.162 e. The maximum atomic E-state index is 4.44. The predicted molar refractivity (Wildman–Crippen MR) is 78.7 cm³/mol. The Hall–Kier alpha value is -1.38. The van der Waals surface area contributed by atoms with Gasteiger partial charge in [-0.05, 0) is 18.7 Å². The van der Waals surface area contributed by atoms with Gasteiger partial charge in [-0.1, -0.05) is 34.9 Å². The Bertz CT molecular complexity index is 739. The van der Waals surface area contributed by atoms with Crippen molar-refractivity contribution in [3.8, 4) is 22.4 Å². The number of benzene rings is 2. The van der Waals surface area contributed by atoms with Gasteiger partial charge in [-0.3, -0.25) is 0 Å². The van der Waals surface area contributed by atoms with Gasteiger partial charge < -0.3 is 0 Å². The average Bonchev–Trinajstić information content (AvgIpc) is 2.49. The van der Waals surface area contributed by atoms with Crippen LogP contribution in [-0.2, 0) is 39.8 Å². The van der Waals surface area contributed by atoms with Gasteiger partial charge in [-0.25, -0.2) is 5.56 Å². The van der Waals surface area contributed by atoms with Crippen LogP contribution in [-0.4, -0.2) is 5.10 Å². The van der Waals surface area contributed by atoms with Crippen LogP contribution in [0, 0.1) is 19.1 Å². The van der Waals surface area contributed by atoms with Crippen molar-refractivity contribution in [2.45, 2.75) is 6.92 Å². The molecule has 2 aromatic carbocycles. The van der Waals surface area contributed by atoms with Gasteiger partial charge in [0.1, 0.15) is 5.69 Å². The molecule has 0 bridgehead atoms. The fraction of sp³-hybridized carbons (Fsp3) is 0.111. The van der Waals surface area contributed by atoms with E-state index in [2.05, 4.69) is 36.3 Å². The van der Waals surface area contributed by atoms with Crippen LogP contribution in [0.25, 0.3) is 22.4 Å². The number of aryl methyl sites for hydroxylation is 2. The van der Waals surface area contributed by atoms with Crippen LogP contribution in [0.15, 0.2) is 54.7 Å². The average molecular weight is 348 g/mol. The van der Waals surface area contributed by atoms with Crippen LogP contribution in [0.1, 0.15) is 5.56 Å². The summed E-state index contributed by atoms with van der Waals surface area (Å²) in [6.07, 6.45) is 1.83. The number of aromatic nitrogens is 2. The van der Waals surface area contributed by atoms with E-state index in [1.54, 1.807) is 0 Å². The molecule has 3 heteroatoms. The Morgan fingerprint density at radius 1 is 1.00 bits per heavy atom. The van der Waals surface area contributed by atoms with Crippen LogP contribution in [0.2, 0.25) is 0 Å². The third-order valence-corrected chi connectivity index (χ3v) is 3.34. The molecule has 2 nitrogen and oxygen atoms in total. The van der Waals surface area contributed by atoms with Gasteiger partial charge in [-0.2, -0.15) is 29.8 Å². The SMILES string of the molecule is Cc1ccccc1-c1[c-]c(-c2[c-]cccc2)cn[n+]1C.[Y]. The first-order valence-electron chi connectivity index (χ1n) is 6.57. The molecule has 101 valence electrons. The topological polar surface area (TPSA) is 16.8 Å². The fourth-order valence-corrected chi connectivity index (χ4v) is 2.22. The van der Waals surface area contributed by atoms with Crippen molar-refractivity contribution >= 4 is 0 Å². The van der Waals surface area contributed by atoms with Gasteiger partial charge in [-0.15, -0.1) is 16.8 Å².